The summed E-state index contributed by atoms with van der Waals surface area (Å²) in [6.07, 6.45) is 0. The average molecular weight is 430 g/mol. The van der Waals surface area contributed by atoms with Crippen molar-refractivity contribution < 1.29 is 13.2 Å². The third-order valence-electron chi connectivity index (χ3n) is 2.32. The second-order valence-corrected chi connectivity index (χ2v) is 9.05. The van der Waals surface area contributed by atoms with Crippen molar-refractivity contribution in [1.29, 1.82) is 0 Å². The van der Waals surface area contributed by atoms with E-state index in [1.165, 1.54) is 13.0 Å². The van der Waals surface area contributed by atoms with Crippen molar-refractivity contribution in [3.05, 3.63) is 39.0 Å². The maximum atomic E-state index is 12.1. The van der Waals surface area contributed by atoms with Crippen LogP contribution in [0.1, 0.15) is 16.1 Å². The van der Waals surface area contributed by atoms with Crippen molar-refractivity contribution in [2.45, 2.75) is 11.1 Å². The van der Waals surface area contributed by atoms with Gasteiger partial charge in [0.2, 0.25) is 0 Å². The monoisotopic (exact) mass is 428 g/mol. The van der Waals surface area contributed by atoms with Gasteiger partial charge in [0.1, 0.15) is 0 Å². The van der Waals surface area contributed by atoms with Crippen LogP contribution in [-0.2, 0) is 9.05 Å². The molecular weight excluding hydrogens is 423 g/mol. The molecule has 0 aliphatic rings. The molecule has 0 aliphatic carbocycles. The largest absolute Gasteiger partial charge is 0.298 e. The molecule has 1 aromatic heterocycles. The Morgan fingerprint density at radius 2 is 2.05 bits per heavy atom. The number of nitrogens with one attached hydrogen (secondary N) is 1. The minimum Gasteiger partial charge on any atom is -0.298 e. The number of hydrogen-bond acceptors (Lipinski definition) is 5. The maximum absolute atomic E-state index is 12.1. The van der Waals surface area contributed by atoms with E-state index in [2.05, 4.69) is 26.2 Å². The van der Waals surface area contributed by atoms with Gasteiger partial charge < -0.3 is 0 Å². The zero-order chi connectivity index (χ0) is 15.8. The Bertz CT molecular complexity index is 801. The number of amides is 1. The highest BCUT2D eigenvalue weighted by Gasteiger charge is 2.20. The number of aryl methyl sites for hydroxylation is 1. The highest BCUT2D eigenvalue weighted by Crippen LogP contribution is 2.30. The van der Waals surface area contributed by atoms with Crippen molar-refractivity contribution in [1.82, 2.24) is 4.98 Å². The molecule has 1 amide bonds. The number of rotatable bonds is 3. The number of halogens is 3. The molecule has 1 heterocycles. The number of carbonyl (C=O) groups is 1. The minimum atomic E-state index is -3.88. The van der Waals surface area contributed by atoms with E-state index >= 15 is 0 Å². The van der Waals surface area contributed by atoms with Crippen LogP contribution in [0.2, 0.25) is 5.02 Å². The first-order chi connectivity index (χ1) is 9.66. The number of hydrogen-bond donors (Lipinski definition) is 1. The molecule has 0 radical (unpaired) electrons. The van der Waals surface area contributed by atoms with Gasteiger partial charge in [0.05, 0.1) is 5.69 Å². The Hall–Kier alpha value is -0.670. The summed E-state index contributed by atoms with van der Waals surface area (Å²) in [5, 5.41) is 3.06. The smallest absolute Gasteiger partial charge is 0.272 e. The molecule has 10 heteroatoms. The molecule has 0 aliphatic heterocycles. The minimum absolute atomic E-state index is 0.0910. The zero-order valence-corrected chi connectivity index (χ0v) is 15.1. The Morgan fingerprint density at radius 3 is 2.57 bits per heavy atom. The van der Waals surface area contributed by atoms with Crippen molar-refractivity contribution in [2.75, 3.05) is 5.32 Å². The van der Waals surface area contributed by atoms with E-state index in [1.54, 1.807) is 12.1 Å². The predicted molar refractivity (Wildman–Crippen MR) is 87.0 cm³/mol. The van der Waals surface area contributed by atoms with Crippen molar-refractivity contribution >= 4 is 69.6 Å². The Labute approximate surface area is 142 Å². The lowest BCUT2D eigenvalue weighted by Gasteiger charge is -2.03. The summed E-state index contributed by atoms with van der Waals surface area (Å²) in [5.74, 6) is -0.453. The van der Waals surface area contributed by atoms with Crippen LogP contribution in [0, 0.1) is 6.92 Å². The molecule has 0 bridgehead atoms. The van der Waals surface area contributed by atoms with Crippen molar-refractivity contribution in [2.24, 2.45) is 0 Å². The quantitative estimate of drug-likeness (QED) is 0.746. The van der Waals surface area contributed by atoms with Gasteiger partial charge in [-0.05, 0) is 25.1 Å². The molecule has 0 spiro atoms. The van der Waals surface area contributed by atoms with E-state index in [4.69, 9.17) is 22.3 Å². The van der Waals surface area contributed by atoms with Crippen LogP contribution in [0.15, 0.2) is 26.9 Å². The standard InChI is InChI=1S/C11H7BrCl2N2O3S2/c1-5-10(21(14,18)19)20-11(15-5)16-9(17)6-2-7(12)4-8(13)3-6/h2-4H,1H3,(H,15,16,17). The first kappa shape index (κ1) is 16.7. The van der Waals surface area contributed by atoms with E-state index in [1.807, 2.05) is 0 Å². The SMILES string of the molecule is Cc1nc(NC(=O)c2cc(Cl)cc(Br)c2)sc1S(=O)(=O)Cl. The van der Waals surface area contributed by atoms with Crippen LogP contribution in [0.5, 0.6) is 0 Å². The number of nitrogens with zero attached hydrogens (tertiary/aromatic N) is 1. The molecule has 0 atom stereocenters. The van der Waals surface area contributed by atoms with Crippen LogP contribution >= 0.6 is 49.6 Å². The van der Waals surface area contributed by atoms with Crippen LogP contribution in [-0.4, -0.2) is 19.3 Å². The third kappa shape index (κ3) is 4.17. The molecule has 0 saturated carbocycles. The summed E-state index contributed by atoms with van der Waals surface area (Å²) in [7, 11) is 1.40. The molecule has 0 unspecified atom stereocenters. The summed E-state index contributed by atoms with van der Waals surface area (Å²) in [6, 6.07) is 4.71. The Balaban J connectivity index is 2.28. The van der Waals surface area contributed by atoms with Gasteiger partial charge in [-0.2, -0.15) is 0 Å². The average Bonchev–Trinajstić information content (AvgIpc) is 2.68. The summed E-state index contributed by atoms with van der Waals surface area (Å²) in [4.78, 5) is 16.0. The molecule has 5 nitrogen and oxygen atoms in total. The van der Waals surface area contributed by atoms with Crippen molar-refractivity contribution in [3.8, 4) is 0 Å². The van der Waals surface area contributed by atoms with Gasteiger partial charge in [-0.3, -0.25) is 10.1 Å². The molecule has 0 fully saturated rings. The molecular formula is C11H7BrCl2N2O3S2. The zero-order valence-electron chi connectivity index (χ0n) is 10.4. The lowest BCUT2D eigenvalue weighted by molar-refractivity contribution is 0.102. The van der Waals surface area contributed by atoms with E-state index in [-0.39, 0.29) is 15.0 Å². The number of thiazole rings is 1. The topological polar surface area (TPSA) is 76.1 Å². The van der Waals surface area contributed by atoms with E-state index in [0.717, 1.165) is 11.3 Å². The second kappa shape index (κ2) is 6.21. The number of benzene rings is 1. The summed E-state index contributed by atoms with van der Waals surface area (Å²) in [6.45, 7) is 1.50. The molecule has 1 N–H and O–H groups in total. The molecule has 2 rings (SSSR count). The number of anilines is 1. The number of aromatic nitrogens is 1. The summed E-state index contributed by atoms with van der Waals surface area (Å²) in [5.41, 5.74) is 0.551. The normalized spacial score (nSPS) is 11.4. The van der Waals surface area contributed by atoms with Gasteiger partial charge in [-0.1, -0.05) is 38.9 Å². The van der Waals surface area contributed by atoms with E-state index < -0.39 is 15.0 Å². The van der Waals surface area contributed by atoms with Crippen LogP contribution in [0.25, 0.3) is 0 Å². The highest BCUT2D eigenvalue weighted by molar-refractivity contribution is 9.10. The lowest BCUT2D eigenvalue weighted by Crippen LogP contribution is -2.11. The highest BCUT2D eigenvalue weighted by atomic mass is 79.9. The Morgan fingerprint density at radius 1 is 1.38 bits per heavy atom. The Kier molecular flexibility index (Phi) is 4.94. The van der Waals surface area contributed by atoms with Crippen LogP contribution in [0.3, 0.4) is 0 Å². The molecule has 21 heavy (non-hydrogen) atoms. The van der Waals surface area contributed by atoms with Crippen molar-refractivity contribution in [3.63, 3.8) is 0 Å². The third-order valence-corrected chi connectivity index (χ3v) is 6.25. The molecule has 0 saturated heterocycles. The van der Waals surface area contributed by atoms with Gasteiger partial charge >= 0.3 is 0 Å². The van der Waals surface area contributed by atoms with E-state index in [0.29, 0.717) is 15.1 Å². The summed E-state index contributed by atoms with van der Waals surface area (Å²) >= 11 is 9.89. The van der Waals surface area contributed by atoms with Gasteiger partial charge in [0, 0.05) is 25.7 Å². The van der Waals surface area contributed by atoms with Gasteiger partial charge in [-0.15, -0.1) is 0 Å². The van der Waals surface area contributed by atoms with Gasteiger partial charge in [-0.25, -0.2) is 13.4 Å². The molecule has 2 aromatic rings. The first-order valence-corrected chi connectivity index (χ1v) is 9.66. The molecule has 112 valence electrons. The van der Waals surface area contributed by atoms with Crippen LogP contribution < -0.4 is 5.32 Å². The van der Waals surface area contributed by atoms with Crippen LogP contribution in [0.4, 0.5) is 5.13 Å². The fourth-order valence-electron chi connectivity index (χ4n) is 1.52. The number of carbonyl (C=O) groups excluding carboxylic acids is 1. The predicted octanol–water partition coefficient (Wildman–Crippen LogP) is 4.05. The summed E-state index contributed by atoms with van der Waals surface area (Å²) < 4.78 is 23.2. The second-order valence-electron chi connectivity index (χ2n) is 3.94. The van der Waals surface area contributed by atoms with E-state index in [9.17, 15) is 13.2 Å². The fourth-order valence-corrected chi connectivity index (χ4v) is 4.72. The van der Waals surface area contributed by atoms with Gasteiger partial charge in [0.25, 0.3) is 15.0 Å². The first-order valence-electron chi connectivity index (χ1n) is 5.36. The molecule has 1 aromatic carbocycles. The lowest BCUT2D eigenvalue weighted by atomic mass is 10.2. The fraction of sp³-hybridized carbons (Fsp3) is 0.0909. The maximum Gasteiger partial charge on any atom is 0.272 e. The van der Waals surface area contributed by atoms with Gasteiger partial charge in [0.15, 0.2) is 9.34 Å².